The molecule has 0 saturated heterocycles. The number of aromatic nitrogens is 4. The van der Waals surface area contributed by atoms with E-state index in [9.17, 15) is 19.2 Å². The highest BCUT2D eigenvalue weighted by Gasteiger charge is 2.21. The van der Waals surface area contributed by atoms with Gasteiger partial charge in [-0.3, -0.25) is 19.0 Å². The highest BCUT2D eigenvalue weighted by molar-refractivity contribution is 5.94. The Labute approximate surface area is 187 Å². The summed E-state index contributed by atoms with van der Waals surface area (Å²) < 4.78 is 14.5. The predicted octanol–water partition coefficient (Wildman–Crippen LogP) is -0.308. The SMILES string of the molecule is CCN(CC(=O)Nc1ccc2c(c1)OCCO2)C(=O)Cn1c(=O)c2c(ncn2C)n(C)c1=O. The molecule has 1 N–H and O–H groups in total. The molecule has 1 aliphatic rings. The summed E-state index contributed by atoms with van der Waals surface area (Å²) in [6, 6.07) is 5.02. The number of imidazole rings is 1. The molecule has 0 fully saturated rings. The first-order valence-electron chi connectivity index (χ1n) is 10.4. The average Bonchev–Trinajstić information content (AvgIpc) is 3.20. The minimum atomic E-state index is -0.656. The number of rotatable bonds is 6. The highest BCUT2D eigenvalue weighted by atomic mass is 16.6. The van der Waals surface area contributed by atoms with Crippen molar-refractivity contribution in [2.24, 2.45) is 14.1 Å². The summed E-state index contributed by atoms with van der Waals surface area (Å²) in [5.41, 5.74) is -0.319. The number of hydrogen-bond acceptors (Lipinski definition) is 7. The molecular formula is C21H24N6O6. The fourth-order valence-corrected chi connectivity index (χ4v) is 3.64. The number of amides is 2. The maximum atomic E-state index is 12.9. The van der Waals surface area contributed by atoms with Gasteiger partial charge < -0.3 is 24.3 Å². The van der Waals surface area contributed by atoms with Crippen molar-refractivity contribution < 1.29 is 19.1 Å². The van der Waals surface area contributed by atoms with Gasteiger partial charge in [-0.1, -0.05) is 0 Å². The van der Waals surface area contributed by atoms with Gasteiger partial charge in [0, 0.05) is 32.4 Å². The first-order valence-corrected chi connectivity index (χ1v) is 10.4. The zero-order valence-corrected chi connectivity index (χ0v) is 18.5. The quantitative estimate of drug-likeness (QED) is 0.539. The standard InChI is InChI=1S/C21H24N6O6/c1-4-26(10-16(28)23-13-5-6-14-15(9-13)33-8-7-32-14)17(29)11-27-20(30)18-19(22-12-24(18)2)25(3)21(27)31/h5-6,9,12H,4,7-8,10-11H2,1-3H3,(H,23,28). The van der Waals surface area contributed by atoms with Crippen LogP contribution in [0.25, 0.3) is 11.2 Å². The number of ether oxygens (including phenoxy) is 2. The van der Waals surface area contributed by atoms with E-state index >= 15 is 0 Å². The van der Waals surface area contributed by atoms with E-state index in [1.54, 1.807) is 32.2 Å². The number of anilines is 1. The number of carbonyl (C=O) groups excluding carboxylic acids is 2. The molecule has 0 spiro atoms. The van der Waals surface area contributed by atoms with E-state index in [4.69, 9.17) is 9.47 Å². The van der Waals surface area contributed by atoms with Crippen LogP contribution < -0.4 is 26.0 Å². The fraction of sp³-hybridized carbons (Fsp3) is 0.381. The minimum absolute atomic E-state index is 0.212. The molecule has 2 aromatic heterocycles. The largest absolute Gasteiger partial charge is 0.486 e. The third-order valence-corrected chi connectivity index (χ3v) is 5.39. The van der Waals surface area contributed by atoms with Gasteiger partial charge in [-0.2, -0.15) is 0 Å². The summed E-state index contributed by atoms with van der Waals surface area (Å²) in [4.78, 5) is 56.2. The Morgan fingerprint density at radius 2 is 1.88 bits per heavy atom. The van der Waals surface area contributed by atoms with Crippen LogP contribution in [-0.2, 0) is 30.2 Å². The number of nitrogens with one attached hydrogen (secondary N) is 1. The van der Waals surface area contributed by atoms with Gasteiger partial charge in [0.25, 0.3) is 5.56 Å². The Hall–Kier alpha value is -4.09. The molecule has 3 heterocycles. The van der Waals surface area contributed by atoms with Gasteiger partial charge in [-0.25, -0.2) is 14.3 Å². The Morgan fingerprint density at radius 3 is 2.61 bits per heavy atom. The molecule has 4 rings (SSSR count). The molecule has 0 unspecified atom stereocenters. The minimum Gasteiger partial charge on any atom is -0.486 e. The summed E-state index contributed by atoms with van der Waals surface area (Å²) in [7, 11) is 3.12. The lowest BCUT2D eigenvalue weighted by molar-refractivity contribution is -0.135. The second-order valence-electron chi connectivity index (χ2n) is 7.58. The van der Waals surface area contributed by atoms with Crippen molar-refractivity contribution >= 4 is 28.7 Å². The highest BCUT2D eigenvalue weighted by Crippen LogP contribution is 2.32. The van der Waals surface area contributed by atoms with Crippen molar-refractivity contribution in [3.63, 3.8) is 0 Å². The number of carbonyl (C=O) groups is 2. The van der Waals surface area contributed by atoms with Crippen LogP contribution in [0.1, 0.15) is 6.92 Å². The van der Waals surface area contributed by atoms with E-state index in [0.717, 1.165) is 4.57 Å². The van der Waals surface area contributed by atoms with Crippen LogP contribution in [0.15, 0.2) is 34.1 Å². The van der Waals surface area contributed by atoms with E-state index in [0.29, 0.717) is 30.4 Å². The van der Waals surface area contributed by atoms with Crippen molar-refractivity contribution in [3.05, 3.63) is 45.4 Å². The lowest BCUT2D eigenvalue weighted by atomic mass is 10.2. The van der Waals surface area contributed by atoms with E-state index < -0.39 is 29.6 Å². The lowest BCUT2D eigenvalue weighted by Gasteiger charge is -2.22. The van der Waals surface area contributed by atoms with Gasteiger partial charge in [-0.05, 0) is 19.1 Å². The number of likely N-dealkylation sites (N-methyl/N-ethyl adjacent to an activating group) is 1. The van der Waals surface area contributed by atoms with Crippen LogP contribution >= 0.6 is 0 Å². The second-order valence-corrected chi connectivity index (χ2v) is 7.58. The Balaban J connectivity index is 1.49. The van der Waals surface area contributed by atoms with E-state index in [-0.39, 0.29) is 24.3 Å². The van der Waals surface area contributed by atoms with Gasteiger partial charge in [0.15, 0.2) is 22.7 Å². The zero-order chi connectivity index (χ0) is 23.7. The van der Waals surface area contributed by atoms with Gasteiger partial charge in [0.2, 0.25) is 11.8 Å². The molecule has 0 radical (unpaired) electrons. The van der Waals surface area contributed by atoms with Crippen LogP contribution in [0.5, 0.6) is 11.5 Å². The van der Waals surface area contributed by atoms with Gasteiger partial charge in [-0.15, -0.1) is 0 Å². The third kappa shape index (κ3) is 4.19. The summed E-state index contributed by atoms with van der Waals surface area (Å²) in [5.74, 6) is 0.171. The van der Waals surface area contributed by atoms with Crippen molar-refractivity contribution in [3.8, 4) is 11.5 Å². The monoisotopic (exact) mass is 456 g/mol. The normalized spacial score (nSPS) is 12.6. The summed E-state index contributed by atoms with van der Waals surface area (Å²) in [6.45, 7) is 2.08. The zero-order valence-electron chi connectivity index (χ0n) is 18.5. The smallest absolute Gasteiger partial charge is 0.332 e. The Bertz CT molecular complexity index is 1350. The number of hydrogen-bond donors (Lipinski definition) is 1. The number of fused-ring (bicyclic) bond motifs is 2. The molecular weight excluding hydrogens is 432 g/mol. The molecule has 0 atom stereocenters. The molecule has 0 saturated carbocycles. The molecule has 12 nitrogen and oxygen atoms in total. The maximum absolute atomic E-state index is 12.9. The van der Waals surface area contributed by atoms with Crippen molar-refractivity contribution in [2.75, 3.05) is 31.6 Å². The first-order chi connectivity index (χ1) is 15.8. The van der Waals surface area contributed by atoms with Crippen LogP contribution in [0.3, 0.4) is 0 Å². The lowest BCUT2D eigenvalue weighted by Crippen LogP contribution is -2.46. The third-order valence-electron chi connectivity index (χ3n) is 5.39. The van der Waals surface area contributed by atoms with Crippen LogP contribution in [0.2, 0.25) is 0 Å². The summed E-state index contributed by atoms with van der Waals surface area (Å²) in [6.07, 6.45) is 1.43. The summed E-state index contributed by atoms with van der Waals surface area (Å²) >= 11 is 0. The maximum Gasteiger partial charge on any atom is 0.332 e. The topological polar surface area (TPSA) is 130 Å². The first kappa shape index (κ1) is 22.1. The van der Waals surface area contributed by atoms with E-state index in [1.807, 2.05) is 0 Å². The average molecular weight is 456 g/mol. The summed E-state index contributed by atoms with van der Waals surface area (Å²) in [5, 5.41) is 2.72. The predicted molar refractivity (Wildman–Crippen MR) is 119 cm³/mol. The Kier molecular flexibility index (Phi) is 5.90. The molecule has 174 valence electrons. The molecule has 1 aromatic carbocycles. The molecule has 0 aliphatic carbocycles. The fourth-order valence-electron chi connectivity index (χ4n) is 3.64. The van der Waals surface area contributed by atoms with E-state index in [1.165, 1.54) is 27.4 Å². The molecule has 1 aliphatic heterocycles. The van der Waals surface area contributed by atoms with Crippen molar-refractivity contribution in [1.29, 1.82) is 0 Å². The molecule has 3 aromatic rings. The second kappa shape index (κ2) is 8.81. The number of aryl methyl sites for hydroxylation is 2. The van der Waals surface area contributed by atoms with Crippen LogP contribution in [0, 0.1) is 0 Å². The Morgan fingerprint density at radius 1 is 1.15 bits per heavy atom. The van der Waals surface area contributed by atoms with Gasteiger partial charge in [0.1, 0.15) is 19.8 Å². The van der Waals surface area contributed by atoms with Crippen LogP contribution in [0.4, 0.5) is 5.69 Å². The molecule has 12 heteroatoms. The van der Waals surface area contributed by atoms with E-state index in [2.05, 4.69) is 10.3 Å². The van der Waals surface area contributed by atoms with Gasteiger partial charge >= 0.3 is 5.69 Å². The van der Waals surface area contributed by atoms with Crippen molar-refractivity contribution in [2.45, 2.75) is 13.5 Å². The molecule has 33 heavy (non-hydrogen) atoms. The van der Waals surface area contributed by atoms with Crippen molar-refractivity contribution in [1.82, 2.24) is 23.6 Å². The number of nitrogens with zero attached hydrogens (tertiary/aromatic N) is 5. The van der Waals surface area contributed by atoms with Gasteiger partial charge in [0.05, 0.1) is 12.9 Å². The van der Waals surface area contributed by atoms with Crippen LogP contribution in [-0.4, -0.2) is 61.7 Å². The number of benzene rings is 1. The molecule has 2 amide bonds. The molecule has 0 bridgehead atoms.